The van der Waals surface area contributed by atoms with Crippen LogP contribution in [0.15, 0.2) is 0 Å². The van der Waals surface area contributed by atoms with Crippen molar-refractivity contribution in [2.45, 2.75) is 45.2 Å². The molecule has 2 saturated heterocycles. The normalized spacial score (nSPS) is 29.4. The van der Waals surface area contributed by atoms with Crippen molar-refractivity contribution in [1.82, 2.24) is 15.1 Å². The summed E-state index contributed by atoms with van der Waals surface area (Å²) in [6.45, 7) is 14.4. The van der Waals surface area contributed by atoms with Gasteiger partial charge in [0.2, 0.25) is 0 Å². The molecule has 0 aromatic carbocycles. The summed E-state index contributed by atoms with van der Waals surface area (Å²) < 4.78 is 0. The van der Waals surface area contributed by atoms with Crippen molar-refractivity contribution in [3.63, 3.8) is 0 Å². The van der Waals surface area contributed by atoms with Gasteiger partial charge in [-0.05, 0) is 46.3 Å². The third-order valence-electron chi connectivity index (χ3n) is 4.31. The van der Waals surface area contributed by atoms with E-state index in [1.165, 1.54) is 39.0 Å². The fraction of sp³-hybridized carbons (Fsp3) is 1.00. The molecular formula is C13H27N3. The van der Waals surface area contributed by atoms with E-state index in [-0.39, 0.29) is 0 Å². The molecule has 2 aliphatic heterocycles. The summed E-state index contributed by atoms with van der Waals surface area (Å²) in [6, 6.07) is 0.819. The van der Waals surface area contributed by atoms with Crippen LogP contribution >= 0.6 is 0 Å². The maximum Gasteiger partial charge on any atom is 0.0281 e. The van der Waals surface area contributed by atoms with Gasteiger partial charge < -0.3 is 10.2 Å². The molecule has 16 heavy (non-hydrogen) atoms. The third-order valence-corrected chi connectivity index (χ3v) is 4.31. The Morgan fingerprint density at radius 1 is 1.19 bits per heavy atom. The van der Waals surface area contributed by atoms with Crippen LogP contribution in [0.1, 0.15) is 33.6 Å². The second-order valence-corrected chi connectivity index (χ2v) is 5.85. The molecule has 2 heterocycles. The van der Waals surface area contributed by atoms with Gasteiger partial charge in [-0.15, -0.1) is 0 Å². The van der Waals surface area contributed by atoms with Gasteiger partial charge in [0.25, 0.3) is 0 Å². The van der Waals surface area contributed by atoms with E-state index in [0.717, 1.165) is 19.1 Å². The summed E-state index contributed by atoms with van der Waals surface area (Å²) in [7, 11) is 0. The van der Waals surface area contributed by atoms with E-state index in [1.54, 1.807) is 0 Å². The molecular weight excluding hydrogens is 198 g/mol. The number of piperazine rings is 1. The fourth-order valence-electron chi connectivity index (χ4n) is 3.22. The molecule has 0 spiro atoms. The highest BCUT2D eigenvalue weighted by Crippen LogP contribution is 2.25. The molecule has 0 aliphatic carbocycles. The van der Waals surface area contributed by atoms with Crippen molar-refractivity contribution < 1.29 is 0 Å². The summed E-state index contributed by atoms with van der Waals surface area (Å²) in [4.78, 5) is 5.32. The Balaban J connectivity index is 1.92. The number of nitrogens with zero attached hydrogens (tertiary/aromatic N) is 2. The van der Waals surface area contributed by atoms with Crippen LogP contribution in [-0.4, -0.2) is 60.6 Å². The van der Waals surface area contributed by atoms with Crippen molar-refractivity contribution in [3.8, 4) is 0 Å². The van der Waals surface area contributed by atoms with Gasteiger partial charge >= 0.3 is 0 Å². The lowest BCUT2D eigenvalue weighted by molar-refractivity contribution is 0.0147. The number of hydrogen-bond acceptors (Lipinski definition) is 3. The van der Waals surface area contributed by atoms with Crippen LogP contribution in [0, 0.1) is 0 Å². The van der Waals surface area contributed by atoms with E-state index >= 15 is 0 Å². The smallest absolute Gasteiger partial charge is 0.0281 e. The number of hydrogen-bond donors (Lipinski definition) is 1. The highest BCUT2D eigenvalue weighted by atomic mass is 15.3. The summed E-state index contributed by atoms with van der Waals surface area (Å²) in [5, 5.41) is 3.51. The Morgan fingerprint density at radius 2 is 1.88 bits per heavy atom. The maximum atomic E-state index is 3.51. The summed E-state index contributed by atoms with van der Waals surface area (Å²) in [6.07, 6.45) is 2.72. The van der Waals surface area contributed by atoms with E-state index in [1.807, 2.05) is 0 Å². The van der Waals surface area contributed by atoms with Crippen molar-refractivity contribution in [2.24, 2.45) is 0 Å². The zero-order valence-corrected chi connectivity index (χ0v) is 11.1. The molecule has 0 bridgehead atoms. The van der Waals surface area contributed by atoms with Crippen LogP contribution in [0.5, 0.6) is 0 Å². The van der Waals surface area contributed by atoms with Gasteiger partial charge in [-0.1, -0.05) is 6.92 Å². The van der Waals surface area contributed by atoms with Gasteiger partial charge in [0.05, 0.1) is 0 Å². The number of piperidine rings is 1. The summed E-state index contributed by atoms with van der Waals surface area (Å²) in [5.74, 6) is 0. The zero-order chi connectivity index (χ0) is 11.6. The highest BCUT2D eigenvalue weighted by molar-refractivity contribution is 4.93. The maximum absolute atomic E-state index is 3.51. The van der Waals surface area contributed by atoms with Crippen LogP contribution in [0.4, 0.5) is 0 Å². The second kappa shape index (κ2) is 5.03. The first-order chi connectivity index (χ1) is 7.63. The number of rotatable bonds is 2. The van der Waals surface area contributed by atoms with Crippen molar-refractivity contribution in [3.05, 3.63) is 0 Å². The second-order valence-electron chi connectivity index (χ2n) is 5.85. The first-order valence-corrected chi connectivity index (χ1v) is 6.83. The molecule has 3 heteroatoms. The predicted molar refractivity (Wildman–Crippen MR) is 68.8 cm³/mol. The molecule has 0 unspecified atom stereocenters. The predicted octanol–water partition coefficient (Wildman–Crippen LogP) is 1.15. The molecule has 94 valence electrons. The van der Waals surface area contributed by atoms with E-state index in [4.69, 9.17) is 0 Å². The van der Waals surface area contributed by atoms with Crippen LogP contribution < -0.4 is 5.32 Å². The van der Waals surface area contributed by atoms with Gasteiger partial charge in [-0.25, -0.2) is 0 Å². The average Bonchev–Trinajstić information content (AvgIpc) is 2.29. The van der Waals surface area contributed by atoms with Crippen LogP contribution in [-0.2, 0) is 0 Å². The first-order valence-electron chi connectivity index (χ1n) is 6.83. The van der Waals surface area contributed by atoms with E-state index in [9.17, 15) is 0 Å². The van der Waals surface area contributed by atoms with Crippen LogP contribution in [0.2, 0.25) is 0 Å². The lowest BCUT2D eigenvalue weighted by Gasteiger charge is -2.49. The van der Waals surface area contributed by atoms with E-state index < -0.39 is 0 Å². The van der Waals surface area contributed by atoms with Gasteiger partial charge in [-0.2, -0.15) is 0 Å². The molecule has 0 saturated carbocycles. The number of likely N-dealkylation sites (tertiary alicyclic amines) is 1. The minimum atomic E-state index is 0.345. The Morgan fingerprint density at radius 3 is 2.44 bits per heavy atom. The highest BCUT2D eigenvalue weighted by Gasteiger charge is 2.35. The largest absolute Gasteiger partial charge is 0.314 e. The van der Waals surface area contributed by atoms with Crippen molar-refractivity contribution >= 4 is 0 Å². The first kappa shape index (κ1) is 12.3. The van der Waals surface area contributed by atoms with Crippen LogP contribution in [0.25, 0.3) is 0 Å². The molecule has 0 amide bonds. The lowest BCUT2D eigenvalue weighted by Crippen LogP contribution is -2.62. The van der Waals surface area contributed by atoms with E-state index in [2.05, 4.69) is 35.9 Å². The molecule has 3 nitrogen and oxygen atoms in total. The van der Waals surface area contributed by atoms with Gasteiger partial charge in [0.15, 0.2) is 0 Å². The van der Waals surface area contributed by atoms with Gasteiger partial charge in [-0.3, -0.25) is 4.90 Å². The van der Waals surface area contributed by atoms with E-state index in [0.29, 0.717) is 5.54 Å². The molecule has 0 atom stereocenters. The quantitative estimate of drug-likeness (QED) is 0.761. The molecule has 0 aromatic heterocycles. The minimum Gasteiger partial charge on any atom is -0.314 e. The van der Waals surface area contributed by atoms with Crippen LogP contribution in [0.3, 0.4) is 0 Å². The minimum absolute atomic E-state index is 0.345. The Bertz CT molecular complexity index is 219. The third kappa shape index (κ3) is 2.58. The zero-order valence-electron chi connectivity index (χ0n) is 11.1. The number of nitrogens with one attached hydrogen (secondary N) is 1. The van der Waals surface area contributed by atoms with Crippen molar-refractivity contribution in [2.75, 3.05) is 39.3 Å². The SMILES string of the molecule is CCN1CCC(N2CCNCC2(C)C)CC1. The Kier molecular flexibility index (Phi) is 3.88. The topological polar surface area (TPSA) is 18.5 Å². The van der Waals surface area contributed by atoms with Crippen molar-refractivity contribution in [1.29, 1.82) is 0 Å². The lowest BCUT2D eigenvalue weighted by atomic mass is 9.93. The molecule has 0 aromatic rings. The molecule has 0 radical (unpaired) electrons. The fourth-order valence-corrected chi connectivity index (χ4v) is 3.22. The summed E-state index contributed by atoms with van der Waals surface area (Å²) in [5.41, 5.74) is 0.345. The Labute approximate surface area is 100 Å². The average molecular weight is 225 g/mol. The molecule has 2 fully saturated rings. The molecule has 1 N–H and O–H groups in total. The van der Waals surface area contributed by atoms with Gasteiger partial charge in [0, 0.05) is 31.2 Å². The standard InChI is InChI=1S/C13H27N3/c1-4-15-8-5-12(6-9-15)16-10-7-14-11-13(16,2)3/h12,14H,4-11H2,1-3H3. The monoisotopic (exact) mass is 225 g/mol. The summed E-state index contributed by atoms with van der Waals surface area (Å²) >= 11 is 0. The molecule has 2 rings (SSSR count). The Hall–Kier alpha value is -0.120. The molecule has 2 aliphatic rings. The van der Waals surface area contributed by atoms with Gasteiger partial charge in [0.1, 0.15) is 0 Å².